The van der Waals surface area contributed by atoms with Crippen LogP contribution >= 0.6 is 0 Å². The predicted molar refractivity (Wildman–Crippen MR) is 101 cm³/mol. The zero-order valence-corrected chi connectivity index (χ0v) is 15.9. The molecule has 9 heteroatoms. The van der Waals surface area contributed by atoms with Gasteiger partial charge >= 0.3 is 5.97 Å². The topological polar surface area (TPSA) is 114 Å². The number of aliphatic carboxylic acids is 1. The standard InChI is InChI=1S/C19H22N4O5/c1-12-17(25)22(14-6-4-5-7-15(14)28-12)9-8-16(24)21-13-10-20-23(11-13)19(2,3)18(26)27/h4-7,10-12H,8-9H2,1-3H3,(H,21,24)(H,26,27). The van der Waals surface area contributed by atoms with Crippen molar-refractivity contribution in [2.75, 3.05) is 16.8 Å². The molecule has 9 nitrogen and oxygen atoms in total. The summed E-state index contributed by atoms with van der Waals surface area (Å²) in [6.45, 7) is 4.89. The van der Waals surface area contributed by atoms with Gasteiger partial charge in [0.05, 0.1) is 17.6 Å². The molecule has 2 N–H and O–H groups in total. The lowest BCUT2D eigenvalue weighted by atomic mass is 10.1. The van der Waals surface area contributed by atoms with E-state index in [9.17, 15) is 19.5 Å². The van der Waals surface area contributed by atoms with Crippen LogP contribution < -0.4 is 15.0 Å². The molecule has 1 aromatic heterocycles. The fourth-order valence-corrected chi connectivity index (χ4v) is 2.82. The van der Waals surface area contributed by atoms with Gasteiger partial charge in [-0.15, -0.1) is 0 Å². The molecule has 2 heterocycles. The number of hydrogen-bond donors (Lipinski definition) is 2. The number of nitrogens with zero attached hydrogens (tertiary/aromatic N) is 3. The summed E-state index contributed by atoms with van der Waals surface area (Å²) in [4.78, 5) is 37.6. The number of carbonyl (C=O) groups is 3. The summed E-state index contributed by atoms with van der Waals surface area (Å²) in [5.41, 5.74) is -0.209. The molecule has 0 fully saturated rings. The summed E-state index contributed by atoms with van der Waals surface area (Å²) in [5.74, 6) is -0.945. The third kappa shape index (κ3) is 3.68. The summed E-state index contributed by atoms with van der Waals surface area (Å²) in [6, 6.07) is 7.18. The van der Waals surface area contributed by atoms with Gasteiger partial charge in [0, 0.05) is 19.2 Å². The van der Waals surface area contributed by atoms with Gasteiger partial charge in [-0.05, 0) is 32.9 Å². The van der Waals surface area contributed by atoms with Crippen molar-refractivity contribution in [1.29, 1.82) is 0 Å². The Morgan fingerprint density at radius 1 is 1.32 bits per heavy atom. The molecule has 1 unspecified atom stereocenters. The molecule has 0 bridgehead atoms. The van der Waals surface area contributed by atoms with Gasteiger partial charge < -0.3 is 20.1 Å². The second-order valence-electron chi connectivity index (χ2n) is 7.05. The zero-order chi connectivity index (χ0) is 20.5. The van der Waals surface area contributed by atoms with Crippen LogP contribution in [0.3, 0.4) is 0 Å². The van der Waals surface area contributed by atoms with Crippen LogP contribution in [0.4, 0.5) is 11.4 Å². The number of carbonyl (C=O) groups excluding carboxylic acids is 2. The van der Waals surface area contributed by atoms with Crippen LogP contribution in [0.1, 0.15) is 27.2 Å². The zero-order valence-electron chi connectivity index (χ0n) is 15.9. The van der Waals surface area contributed by atoms with E-state index >= 15 is 0 Å². The van der Waals surface area contributed by atoms with Crippen LogP contribution in [0.5, 0.6) is 5.75 Å². The maximum Gasteiger partial charge on any atom is 0.331 e. The minimum atomic E-state index is -1.23. The fourth-order valence-electron chi connectivity index (χ4n) is 2.82. The van der Waals surface area contributed by atoms with E-state index < -0.39 is 17.6 Å². The number of aromatic nitrogens is 2. The summed E-state index contributed by atoms with van der Waals surface area (Å²) in [5, 5.41) is 15.9. The lowest BCUT2D eigenvalue weighted by Gasteiger charge is -2.32. The molecule has 1 aliphatic heterocycles. The van der Waals surface area contributed by atoms with Gasteiger partial charge in [-0.1, -0.05) is 12.1 Å². The number of para-hydroxylation sites is 2. The number of fused-ring (bicyclic) bond motifs is 1. The molecule has 2 amide bonds. The second-order valence-corrected chi connectivity index (χ2v) is 7.05. The Morgan fingerprint density at radius 2 is 2.04 bits per heavy atom. The van der Waals surface area contributed by atoms with E-state index in [4.69, 9.17) is 4.74 Å². The summed E-state index contributed by atoms with van der Waals surface area (Å²) in [6.07, 6.45) is 2.30. The van der Waals surface area contributed by atoms with Crippen molar-refractivity contribution in [2.24, 2.45) is 0 Å². The predicted octanol–water partition coefficient (Wildman–Crippen LogP) is 1.85. The van der Waals surface area contributed by atoms with Crippen LogP contribution in [0.2, 0.25) is 0 Å². The number of ether oxygens (including phenoxy) is 1. The smallest absolute Gasteiger partial charge is 0.331 e. The van der Waals surface area contributed by atoms with Crippen LogP contribution in [-0.2, 0) is 19.9 Å². The van der Waals surface area contributed by atoms with Gasteiger partial charge in [-0.25, -0.2) is 4.79 Å². The largest absolute Gasteiger partial charge is 0.479 e. The Morgan fingerprint density at radius 3 is 2.75 bits per heavy atom. The number of carboxylic acids is 1. The van der Waals surface area contributed by atoms with Crippen LogP contribution in [0.15, 0.2) is 36.7 Å². The molecular weight excluding hydrogens is 364 g/mol. The Hall–Kier alpha value is -3.36. The number of anilines is 2. The molecule has 1 atom stereocenters. The molecule has 0 spiro atoms. The SMILES string of the molecule is CC1Oc2ccccc2N(CCC(=O)Nc2cnn(C(C)(C)C(=O)O)c2)C1=O. The number of carboxylic acid groups (broad SMARTS) is 1. The quantitative estimate of drug-likeness (QED) is 0.783. The van der Waals surface area contributed by atoms with E-state index in [-0.39, 0.29) is 24.8 Å². The molecule has 3 rings (SSSR count). The van der Waals surface area contributed by atoms with E-state index in [1.807, 2.05) is 6.07 Å². The average Bonchev–Trinajstić information content (AvgIpc) is 3.11. The first-order valence-corrected chi connectivity index (χ1v) is 8.85. The first-order valence-electron chi connectivity index (χ1n) is 8.85. The van der Waals surface area contributed by atoms with Crippen LogP contribution in [0.25, 0.3) is 0 Å². The van der Waals surface area contributed by atoms with Gasteiger partial charge in [0.25, 0.3) is 5.91 Å². The molecule has 0 saturated carbocycles. The Balaban J connectivity index is 1.64. The van der Waals surface area contributed by atoms with Gasteiger partial charge in [-0.2, -0.15) is 5.10 Å². The van der Waals surface area contributed by atoms with Gasteiger partial charge in [0.1, 0.15) is 5.75 Å². The molecule has 148 valence electrons. The van der Waals surface area contributed by atoms with Gasteiger partial charge in [0.2, 0.25) is 5.91 Å². The van der Waals surface area contributed by atoms with Crippen molar-refractivity contribution >= 4 is 29.2 Å². The highest BCUT2D eigenvalue weighted by Crippen LogP contribution is 2.33. The van der Waals surface area contributed by atoms with Crippen molar-refractivity contribution in [3.63, 3.8) is 0 Å². The maximum absolute atomic E-state index is 12.4. The number of benzene rings is 1. The van der Waals surface area contributed by atoms with Crippen molar-refractivity contribution in [3.05, 3.63) is 36.7 Å². The molecule has 0 saturated heterocycles. The van der Waals surface area contributed by atoms with Crippen molar-refractivity contribution in [1.82, 2.24) is 9.78 Å². The number of nitrogens with one attached hydrogen (secondary N) is 1. The molecule has 2 aromatic rings. The summed E-state index contributed by atoms with van der Waals surface area (Å²) < 4.78 is 6.85. The number of amides is 2. The Kier molecular flexibility index (Phi) is 5.08. The van der Waals surface area contributed by atoms with Crippen molar-refractivity contribution < 1.29 is 24.2 Å². The van der Waals surface area contributed by atoms with E-state index in [0.717, 1.165) is 0 Å². The maximum atomic E-state index is 12.4. The minimum Gasteiger partial charge on any atom is -0.479 e. The Bertz CT molecular complexity index is 921. The average molecular weight is 386 g/mol. The Labute approximate surface area is 161 Å². The lowest BCUT2D eigenvalue weighted by Crippen LogP contribution is -2.45. The molecule has 1 aliphatic rings. The monoisotopic (exact) mass is 386 g/mol. The molecule has 0 aliphatic carbocycles. The second kappa shape index (κ2) is 7.34. The lowest BCUT2D eigenvalue weighted by molar-refractivity contribution is -0.146. The van der Waals surface area contributed by atoms with Gasteiger partial charge in [0.15, 0.2) is 11.6 Å². The van der Waals surface area contributed by atoms with Crippen LogP contribution in [-0.4, -0.2) is 45.3 Å². The summed E-state index contributed by atoms with van der Waals surface area (Å²) >= 11 is 0. The van der Waals surface area contributed by atoms with Crippen molar-refractivity contribution in [2.45, 2.75) is 38.8 Å². The molecule has 28 heavy (non-hydrogen) atoms. The number of rotatable bonds is 6. The van der Waals surface area contributed by atoms with Crippen LogP contribution in [0, 0.1) is 0 Å². The fraction of sp³-hybridized carbons (Fsp3) is 0.368. The van der Waals surface area contributed by atoms with E-state index in [2.05, 4.69) is 10.4 Å². The molecule has 1 aromatic carbocycles. The molecular formula is C19H22N4O5. The minimum absolute atomic E-state index is 0.0697. The summed E-state index contributed by atoms with van der Waals surface area (Å²) in [7, 11) is 0. The highest BCUT2D eigenvalue weighted by Gasteiger charge is 2.32. The third-order valence-corrected chi connectivity index (χ3v) is 4.60. The van der Waals surface area contributed by atoms with E-state index in [0.29, 0.717) is 17.1 Å². The first kappa shape index (κ1) is 19.4. The van der Waals surface area contributed by atoms with Crippen molar-refractivity contribution in [3.8, 4) is 5.75 Å². The van der Waals surface area contributed by atoms with E-state index in [1.54, 1.807) is 30.0 Å². The highest BCUT2D eigenvalue weighted by molar-refractivity contribution is 6.00. The molecule has 0 radical (unpaired) electrons. The normalized spacial score (nSPS) is 16.3. The highest BCUT2D eigenvalue weighted by atomic mass is 16.5. The number of hydrogen-bond acceptors (Lipinski definition) is 5. The third-order valence-electron chi connectivity index (χ3n) is 4.60. The first-order chi connectivity index (χ1) is 13.2. The van der Waals surface area contributed by atoms with E-state index in [1.165, 1.54) is 30.9 Å². The van der Waals surface area contributed by atoms with Gasteiger partial charge in [-0.3, -0.25) is 14.3 Å².